The van der Waals surface area contributed by atoms with Gasteiger partial charge in [0.05, 0.1) is 11.0 Å². The van der Waals surface area contributed by atoms with Crippen molar-refractivity contribution in [2.75, 3.05) is 0 Å². The molecule has 0 radical (unpaired) electrons. The van der Waals surface area contributed by atoms with Crippen LogP contribution < -0.4 is 0 Å². The lowest BCUT2D eigenvalue weighted by atomic mass is 10.1. The molecular weight excluding hydrogens is 400 g/mol. The van der Waals surface area contributed by atoms with Gasteiger partial charge >= 0.3 is 0 Å². The van der Waals surface area contributed by atoms with Gasteiger partial charge in [0.2, 0.25) is 0 Å². The molecule has 0 unspecified atom stereocenters. The molecule has 1 aromatic carbocycles. The van der Waals surface area contributed by atoms with Crippen molar-refractivity contribution in [3.8, 4) is 0 Å². The van der Waals surface area contributed by atoms with E-state index in [0.717, 1.165) is 18.9 Å². The van der Waals surface area contributed by atoms with E-state index in [2.05, 4.69) is 33.1 Å². The molecule has 0 amide bonds. The van der Waals surface area contributed by atoms with E-state index < -0.39 is 11.6 Å². The summed E-state index contributed by atoms with van der Waals surface area (Å²) in [6.07, 6.45) is 15.5. The van der Waals surface area contributed by atoms with Gasteiger partial charge in [-0.05, 0) is 22.4 Å². The lowest BCUT2D eigenvalue weighted by Gasteiger charge is -2.03. The minimum atomic E-state index is -0.907. The molecule has 1 heterocycles. The van der Waals surface area contributed by atoms with Crippen LogP contribution in [0.25, 0.3) is 11.0 Å². The number of aryl methyl sites for hydroxylation is 1. The highest BCUT2D eigenvalue weighted by molar-refractivity contribution is 9.10. The Hall–Kier alpha value is -1.04. The van der Waals surface area contributed by atoms with Gasteiger partial charge in [-0.3, -0.25) is 0 Å². The molecule has 0 aliphatic rings. The normalized spacial score (nSPS) is 11.5. The Bertz CT molecular complexity index is 673. The van der Waals surface area contributed by atoms with Gasteiger partial charge in [-0.15, -0.1) is 0 Å². The van der Waals surface area contributed by atoms with Crippen molar-refractivity contribution in [2.45, 2.75) is 90.5 Å². The van der Waals surface area contributed by atoms with Gasteiger partial charge in [-0.1, -0.05) is 77.6 Å². The van der Waals surface area contributed by atoms with Gasteiger partial charge in [0.1, 0.15) is 11.0 Å². The number of rotatable bonds is 13. The monoisotopic (exact) mass is 429 g/mol. The van der Waals surface area contributed by atoms with Crippen LogP contribution in [0.2, 0.25) is 0 Å². The number of aromatic nitrogens is 3. The second-order valence-corrected chi connectivity index (χ2v) is 7.83. The Morgan fingerprint density at radius 2 is 1.38 bits per heavy atom. The number of hydrogen-bond acceptors (Lipinski definition) is 2. The summed E-state index contributed by atoms with van der Waals surface area (Å²) >= 11 is 3.05. The van der Waals surface area contributed by atoms with E-state index in [0.29, 0.717) is 17.6 Å². The topological polar surface area (TPSA) is 30.7 Å². The van der Waals surface area contributed by atoms with E-state index in [1.54, 1.807) is 4.80 Å². The summed E-state index contributed by atoms with van der Waals surface area (Å²) in [5.41, 5.74) is 0.762. The van der Waals surface area contributed by atoms with E-state index in [4.69, 9.17) is 0 Å². The first-order valence-corrected chi connectivity index (χ1v) is 10.8. The standard InChI is InChI=1S/C20H30BrF2N3/c1-2-3-4-5-6-7-8-9-10-11-12-13-14-26-24-17-15-16(22)19(23)18(21)20(17)25-26/h15H,2-14H2,1H3. The molecule has 0 fully saturated rings. The van der Waals surface area contributed by atoms with Gasteiger partial charge in [0.25, 0.3) is 0 Å². The first-order valence-electron chi connectivity index (χ1n) is 10.0. The molecule has 0 saturated heterocycles. The van der Waals surface area contributed by atoms with Crippen molar-refractivity contribution in [3.05, 3.63) is 22.2 Å². The lowest BCUT2D eigenvalue weighted by molar-refractivity contribution is 0.482. The number of halogens is 3. The molecule has 26 heavy (non-hydrogen) atoms. The van der Waals surface area contributed by atoms with Crippen LogP contribution in [-0.4, -0.2) is 15.0 Å². The fourth-order valence-corrected chi connectivity index (χ4v) is 3.67. The molecule has 2 rings (SSSR count). The zero-order chi connectivity index (χ0) is 18.8. The Balaban J connectivity index is 1.56. The highest BCUT2D eigenvalue weighted by Gasteiger charge is 2.15. The SMILES string of the molecule is CCCCCCCCCCCCCCn1nc2cc(F)c(F)c(Br)c2n1. The molecule has 2 aromatic rings. The maximum Gasteiger partial charge on any atom is 0.175 e. The zero-order valence-corrected chi connectivity index (χ0v) is 17.3. The van der Waals surface area contributed by atoms with Crippen LogP contribution in [0.1, 0.15) is 84.0 Å². The summed E-state index contributed by atoms with van der Waals surface area (Å²) in [7, 11) is 0. The summed E-state index contributed by atoms with van der Waals surface area (Å²) in [5, 5.41) is 8.49. The van der Waals surface area contributed by atoms with E-state index >= 15 is 0 Å². The molecule has 146 valence electrons. The summed E-state index contributed by atoms with van der Waals surface area (Å²) < 4.78 is 27.0. The van der Waals surface area contributed by atoms with Crippen LogP contribution in [0.5, 0.6) is 0 Å². The van der Waals surface area contributed by atoms with Gasteiger partial charge < -0.3 is 0 Å². The lowest BCUT2D eigenvalue weighted by Crippen LogP contribution is -2.02. The van der Waals surface area contributed by atoms with Crippen LogP contribution in [0.15, 0.2) is 10.5 Å². The average molecular weight is 430 g/mol. The van der Waals surface area contributed by atoms with Crippen molar-refractivity contribution in [1.29, 1.82) is 0 Å². The van der Waals surface area contributed by atoms with E-state index in [-0.39, 0.29) is 4.47 Å². The molecule has 0 bridgehead atoms. The van der Waals surface area contributed by atoms with Crippen LogP contribution in [0, 0.1) is 11.6 Å². The highest BCUT2D eigenvalue weighted by atomic mass is 79.9. The first-order chi connectivity index (χ1) is 12.6. The van der Waals surface area contributed by atoms with Crippen molar-refractivity contribution < 1.29 is 8.78 Å². The second-order valence-electron chi connectivity index (χ2n) is 7.04. The Morgan fingerprint density at radius 3 is 1.96 bits per heavy atom. The van der Waals surface area contributed by atoms with Crippen molar-refractivity contribution in [3.63, 3.8) is 0 Å². The highest BCUT2D eigenvalue weighted by Crippen LogP contribution is 2.26. The number of fused-ring (bicyclic) bond motifs is 1. The van der Waals surface area contributed by atoms with Crippen LogP contribution in [-0.2, 0) is 6.54 Å². The maximum absolute atomic E-state index is 13.5. The summed E-state index contributed by atoms with van der Waals surface area (Å²) in [5.74, 6) is -1.81. The molecule has 3 nitrogen and oxygen atoms in total. The molecular formula is C20H30BrF2N3. The number of benzene rings is 1. The predicted octanol–water partition coefficient (Wildman–Crippen LogP) is 7.17. The fourth-order valence-electron chi connectivity index (χ4n) is 3.20. The minimum absolute atomic E-state index is 0.0495. The smallest absolute Gasteiger partial charge is 0.175 e. The summed E-state index contributed by atoms with van der Waals surface area (Å²) in [4.78, 5) is 1.55. The third-order valence-electron chi connectivity index (χ3n) is 4.77. The fraction of sp³-hybridized carbons (Fsp3) is 0.700. The minimum Gasteiger partial charge on any atom is -0.204 e. The van der Waals surface area contributed by atoms with E-state index in [9.17, 15) is 8.78 Å². The molecule has 0 N–H and O–H groups in total. The molecule has 6 heteroatoms. The molecule has 1 aromatic heterocycles. The predicted molar refractivity (Wildman–Crippen MR) is 106 cm³/mol. The van der Waals surface area contributed by atoms with Crippen LogP contribution >= 0.6 is 15.9 Å². The number of unbranched alkanes of at least 4 members (excludes halogenated alkanes) is 11. The van der Waals surface area contributed by atoms with Crippen molar-refractivity contribution in [2.24, 2.45) is 0 Å². The largest absolute Gasteiger partial charge is 0.204 e. The van der Waals surface area contributed by atoms with Gasteiger partial charge in [-0.2, -0.15) is 15.0 Å². The molecule has 0 atom stereocenters. The third-order valence-corrected chi connectivity index (χ3v) is 5.49. The molecule has 0 spiro atoms. The summed E-state index contributed by atoms with van der Waals surface area (Å²) in [6, 6.07) is 1.10. The Morgan fingerprint density at radius 1 is 0.846 bits per heavy atom. The second kappa shape index (κ2) is 11.6. The van der Waals surface area contributed by atoms with Gasteiger partial charge in [0.15, 0.2) is 11.6 Å². The molecule has 0 aliphatic carbocycles. The van der Waals surface area contributed by atoms with Crippen LogP contribution in [0.3, 0.4) is 0 Å². The van der Waals surface area contributed by atoms with E-state index in [1.165, 1.54) is 64.2 Å². The van der Waals surface area contributed by atoms with Crippen LogP contribution in [0.4, 0.5) is 8.78 Å². The number of nitrogens with zero attached hydrogens (tertiary/aromatic N) is 3. The average Bonchev–Trinajstić information content (AvgIpc) is 3.03. The molecule has 0 saturated carbocycles. The third kappa shape index (κ3) is 6.60. The van der Waals surface area contributed by atoms with Crippen molar-refractivity contribution in [1.82, 2.24) is 15.0 Å². The zero-order valence-electron chi connectivity index (χ0n) is 15.7. The summed E-state index contributed by atoms with van der Waals surface area (Å²) in [6.45, 7) is 2.94. The van der Waals surface area contributed by atoms with E-state index in [1.807, 2.05) is 0 Å². The Labute approximate surface area is 163 Å². The first kappa shape index (κ1) is 21.3. The van der Waals surface area contributed by atoms with Gasteiger partial charge in [-0.25, -0.2) is 8.78 Å². The Kier molecular flexibility index (Phi) is 9.51. The van der Waals surface area contributed by atoms with Gasteiger partial charge in [0, 0.05) is 6.07 Å². The quantitative estimate of drug-likeness (QED) is 0.249. The number of hydrogen-bond donors (Lipinski definition) is 0. The van der Waals surface area contributed by atoms with Crippen molar-refractivity contribution >= 4 is 27.0 Å². The molecule has 0 aliphatic heterocycles. The maximum atomic E-state index is 13.5.